The summed E-state index contributed by atoms with van der Waals surface area (Å²) in [7, 11) is 1.18. The Morgan fingerprint density at radius 2 is 0.671 bits per heavy atom. The van der Waals surface area contributed by atoms with Gasteiger partial charge >= 0.3 is 11.9 Å². The van der Waals surface area contributed by atoms with Gasteiger partial charge in [0.15, 0.2) is 6.10 Å². The van der Waals surface area contributed by atoms with Crippen molar-refractivity contribution in [3.63, 3.8) is 0 Å². The number of likely N-dealkylation sites (N-methyl/N-ethyl adjacent to an activating group) is 1. The summed E-state index contributed by atoms with van der Waals surface area (Å²) in [5.41, 5.74) is 0. The SMILES string of the molecule is CC/C=C\C/C=C\C/C=C\C/C=C\CCCCCCCCCCCCCCCCC(=O)OC(COC(=O)CCCCCCCCCCCCCCCCCCCCCCCCCCCCCCCCCCCC)COP(=O)([O-])OCC[N+](C)(C)C. The number of phosphoric acid groups is 1. The van der Waals surface area contributed by atoms with E-state index in [4.69, 9.17) is 18.5 Å². The van der Waals surface area contributed by atoms with Gasteiger partial charge in [-0.2, -0.15) is 0 Å². The van der Waals surface area contributed by atoms with Gasteiger partial charge in [0.1, 0.15) is 19.8 Å². The van der Waals surface area contributed by atoms with E-state index in [1.165, 1.54) is 270 Å². The molecule has 0 spiro atoms. The molecule has 0 fully saturated rings. The maximum atomic E-state index is 12.9. The second kappa shape index (κ2) is 66.4. The second-order valence-corrected chi connectivity index (χ2v) is 27.7. The van der Waals surface area contributed by atoms with E-state index in [1.807, 2.05) is 21.1 Å². The lowest BCUT2D eigenvalue weighted by atomic mass is 10.0. The highest BCUT2D eigenvalue weighted by molar-refractivity contribution is 7.45. The Bertz CT molecular complexity index is 1570. The average molecular weight is 1220 g/mol. The molecule has 0 aromatic rings. The molecule has 0 amide bonds. The second-order valence-electron chi connectivity index (χ2n) is 26.3. The Labute approximate surface area is 528 Å². The van der Waals surface area contributed by atoms with Crippen LogP contribution in [-0.4, -0.2) is 70.0 Å². The van der Waals surface area contributed by atoms with Crippen molar-refractivity contribution in [2.45, 2.75) is 373 Å². The van der Waals surface area contributed by atoms with Crippen molar-refractivity contribution in [1.82, 2.24) is 0 Å². The minimum atomic E-state index is -4.64. The van der Waals surface area contributed by atoms with Crippen molar-refractivity contribution in [2.24, 2.45) is 0 Å². The highest BCUT2D eigenvalue weighted by Gasteiger charge is 2.22. The fourth-order valence-corrected chi connectivity index (χ4v) is 11.7. The molecule has 9 nitrogen and oxygen atoms in total. The lowest BCUT2D eigenvalue weighted by molar-refractivity contribution is -0.870. The molecule has 0 aliphatic heterocycles. The van der Waals surface area contributed by atoms with Crippen LogP contribution in [0.3, 0.4) is 0 Å². The molecule has 0 aromatic heterocycles. The number of ether oxygens (including phenoxy) is 2. The first kappa shape index (κ1) is 83.0. The Hall–Kier alpha value is -2.03. The molecule has 2 unspecified atom stereocenters. The predicted molar refractivity (Wildman–Crippen MR) is 365 cm³/mol. The van der Waals surface area contributed by atoms with Gasteiger partial charge in [-0.05, 0) is 51.4 Å². The van der Waals surface area contributed by atoms with Crippen LogP contribution in [-0.2, 0) is 32.7 Å². The van der Waals surface area contributed by atoms with Crippen LogP contribution < -0.4 is 4.89 Å². The number of phosphoric ester groups is 1. The van der Waals surface area contributed by atoms with Gasteiger partial charge in [0.05, 0.1) is 27.7 Å². The third-order valence-electron chi connectivity index (χ3n) is 16.6. The van der Waals surface area contributed by atoms with Gasteiger partial charge in [-0.25, -0.2) is 0 Å². The van der Waals surface area contributed by atoms with Crippen molar-refractivity contribution in [2.75, 3.05) is 47.5 Å². The number of allylic oxidation sites excluding steroid dienone is 8. The molecule has 0 aliphatic rings. The Kier molecular flexibility index (Phi) is 64.8. The fraction of sp³-hybridized carbons (Fsp3) is 0.867. The molecule has 0 bridgehead atoms. The first-order valence-corrected chi connectivity index (χ1v) is 38.3. The number of unbranched alkanes of at least 4 members (excludes halogenated alkanes) is 47. The van der Waals surface area contributed by atoms with Crippen LogP contribution in [0.4, 0.5) is 0 Å². The maximum absolute atomic E-state index is 12.9. The lowest BCUT2D eigenvalue weighted by Gasteiger charge is -2.28. The normalized spacial score (nSPS) is 13.3. The van der Waals surface area contributed by atoms with Crippen LogP contribution in [0.5, 0.6) is 0 Å². The van der Waals surface area contributed by atoms with Crippen LogP contribution in [0.25, 0.3) is 0 Å². The molecule has 0 aliphatic carbocycles. The van der Waals surface area contributed by atoms with Gasteiger partial charge in [0.2, 0.25) is 0 Å². The third kappa shape index (κ3) is 70.9. The summed E-state index contributed by atoms with van der Waals surface area (Å²) in [6, 6.07) is 0. The van der Waals surface area contributed by atoms with E-state index in [-0.39, 0.29) is 32.0 Å². The molecule has 10 heteroatoms. The van der Waals surface area contributed by atoms with Crippen LogP contribution in [0.1, 0.15) is 367 Å². The average Bonchev–Trinajstić information content (AvgIpc) is 3.52. The van der Waals surface area contributed by atoms with E-state index in [0.717, 1.165) is 64.2 Å². The highest BCUT2D eigenvalue weighted by atomic mass is 31.2. The van der Waals surface area contributed by atoms with Gasteiger partial charge in [0, 0.05) is 12.8 Å². The minimum Gasteiger partial charge on any atom is -0.756 e. The van der Waals surface area contributed by atoms with E-state index >= 15 is 0 Å². The molecule has 2 atom stereocenters. The van der Waals surface area contributed by atoms with E-state index in [9.17, 15) is 19.0 Å². The summed E-state index contributed by atoms with van der Waals surface area (Å²) in [6.07, 6.45) is 86.5. The molecular formula is C75H142NO8P. The monoisotopic (exact) mass is 1220 g/mol. The quantitative estimate of drug-likeness (QED) is 0.0195. The van der Waals surface area contributed by atoms with E-state index < -0.39 is 26.5 Å². The summed E-state index contributed by atoms with van der Waals surface area (Å²) in [5, 5.41) is 0. The molecule has 500 valence electrons. The first-order chi connectivity index (χ1) is 41.5. The molecule has 0 heterocycles. The summed E-state index contributed by atoms with van der Waals surface area (Å²) in [4.78, 5) is 38.1. The van der Waals surface area contributed by atoms with Crippen LogP contribution >= 0.6 is 7.82 Å². The zero-order valence-electron chi connectivity index (χ0n) is 57.1. The van der Waals surface area contributed by atoms with Crippen molar-refractivity contribution in [1.29, 1.82) is 0 Å². The van der Waals surface area contributed by atoms with Crippen LogP contribution in [0.15, 0.2) is 48.6 Å². The zero-order chi connectivity index (χ0) is 61.9. The number of esters is 2. The topological polar surface area (TPSA) is 111 Å². The van der Waals surface area contributed by atoms with Crippen molar-refractivity contribution in [3.05, 3.63) is 48.6 Å². The number of hydrogen-bond acceptors (Lipinski definition) is 8. The smallest absolute Gasteiger partial charge is 0.306 e. The Morgan fingerprint density at radius 1 is 0.376 bits per heavy atom. The van der Waals surface area contributed by atoms with E-state index in [0.29, 0.717) is 17.4 Å². The molecule has 0 saturated carbocycles. The predicted octanol–water partition coefficient (Wildman–Crippen LogP) is 23.4. The van der Waals surface area contributed by atoms with E-state index in [2.05, 4.69) is 62.5 Å². The van der Waals surface area contributed by atoms with Crippen molar-refractivity contribution >= 4 is 19.8 Å². The number of quaternary nitrogens is 1. The van der Waals surface area contributed by atoms with Crippen LogP contribution in [0.2, 0.25) is 0 Å². The number of carbonyl (C=O) groups is 2. The molecule has 0 saturated heterocycles. The highest BCUT2D eigenvalue weighted by Crippen LogP contribution is 2.38. The molecule has 0 N–H and O–H groups in total. The van der Waals surface area contributed by atoms with Gasteiger partial charge in [0.25, 0.3) is 7.82 Å². The Balaban J connectivity index is 3.95. The maximum Gasteiger partial charge on any atom is 0.306 e. The van der Waals surface area contributed by atoms with Gasteiger partial charge in [-0.3, -0.25) is 14.2 Å². The van der Waals surface area contributed by atoms with Crippen molar-refractivity contribution in [3.8, 4) is 0 Å². The van der Waals surface area contributed by atoms with Gasteiger partial charge < -0.3 is 27.9 Å². The summed E-state index contributed by atoms with van der Waals surface area (Å²) in [5.74, 6) is -0.815. The minimum absolute atomic E-state index is 0.0293. The first-order valence-electron chi connectivity index (χ1n) is 36.8. The molecule has 85 heavy (non-hydrogen) atoms. The van der Waals surface area contributed by atoms with Crippen LogP contribution in [0, 0.1) is 0 Å². The number of carbonyl (C=O) groups excluding carboxylic acids is 2. The molecular weight excluding hydrogens is 1070 g/mol. The molecule has 0 aromatic carbocycles. The van der Waals surface area contributed by atoms with E-state index in [1.54, 1.807) is 0 Å². The summed E-state index contributed by atoms with van der Waals surface area (Å²) in [6.45, 7) is 4.20. The number of hydrogen-bond donors (Lipinski definition) is 0. The number of rotatable bonds is 69. The lowest BCUT2D eigenvalue weighted by Crippen LogP contribution is -2.37. The number of nitrogens with zero attached hydrogens (tertiary/aromatic N) is 1. The third-order valence-corrected chi connectivity index (χ3v) is 17.6. The Morgan fingerprint density at radius 3 is 1.00 bits per heavy atom. The standard InChI is InChI=1S/C75H142NO8P/c1-6-8-10-12-14-16-18-20-22-24-26-28-30-32-34-35-36-37-38-39-40-42-43-45-47-49-51-53-55-57-59-61-63-65-67-74(77)81-71-73(72-83-85(79,80)82-70-69-76(3,4)5)84-75(78)68-66-64-62-60-58-56-54-52-50-48-46-44-41-33-31-29-27-25-23-21-19-17-15-13-11-9-7-2/h9,11,15,17,21,23,27,29,73H,6-8,10,12-14,16,18-20,22,24-26,28,30-72H2,1-5H3/b11-9-,17-15-,23-21-,29-27-. The van der Waals surface area contributed by atoms with Gasteiger partial charge in [-0.1, -0.05) is 351 Å². The zero-order valence-corrected chi connectivity index (χ0v) is 58.0. The molecule has 0 rings (SSSR count). The molecule has 0 radical (unpaired) electrons. The fourth-order valence-electron chi connectivity index (χ4n) is 11.0. The van der Waals surface area contributed by atoms with Crippen molar-refractivity contribution < 1.29 is 42.1 Å². The largest absolute Gasteiger partial charge is 0.756 e. The van der Waals surface area contributed by atoms with Gasteiger partial charge in [-0.15, -0.1) is 0 Å². The summed E-state index contributed by atoms with van der Waals surface area (Å²) >= 11 is 0. The summed E-state index contributed by atoms with van der Waals surface area (Å²) < 4.78 is 34.4.